The van der Waals surface area contributed by atoms with Crippen LogP contribution in [0.3, 0.4) is 0 Å². The largest absolute Gasteiger partial charge is 0.497 e. The number of rotatable bonds is 4. The fourth-order valence-corrected chi connectivity index (χ4v) is 4.81. The van der Waals surface area contributed by atoms with E-state index in [1.54, 1.807) is 13.3 Å². The van der Waals surface area contributed by atoms with E-state index >= 15 is 0 Å². The molecule has 1 amide bonds. The molecule has 2 aromatic carbocycles. The SMILES string of the molecule is COc1ccc(-c2ccc3c(c2)[C@@H]2[C@@H](CCN2C(=O)c2cnccn2)[C@@H](CO)N3)cc1. The van der Waals surface area contributed by atoms with Gasteiger partial charge in [-0.15, -0.1) is 0 Å². The number of benzene rings is 2. The molecule has 3 heterocycles. The van der Waals surface area contributed by atoms with E-state index < -0.39 is 0 Å². The normalized spacial score (nSPS) is 21.7. The first-order valence-electron chi connectivity index (χ1n) is 10.4. The molecule has 158 valence electrons. The third-order valence-electron chi connectivity index (χ3n) is 6.34. The summed E-state index contributed by atoms with van der Waals surface area (Å²) in [6, 6.07) is 14.0. The summed E-state index contributed by atoms with van der Waals surface area (Å²) < 4.78 is 5.27. The maximum Gasteiger partial charge on any atom is 0.274 e. The molecular formula is C24H24N4O3. The average molecular weight is 416 g/mol. The average Bonchev–Trinajstić information content (AvgIpc) is 3.29. The van der Waals surface area contributed by atoms with Gasteiger partial charge in [0.1, 0.15) is 11.4 Å². The minimum Gasteiger partial charge on any atom is -0.497 e. The quantitative estimate of drug-likeness (QED) is 0.679. The standard InChI is InChI=1S/C24H24N4O3/c1-31-17-5-2-15(3-6-17)16-4-7-20-19(12-16)23-18(22(14-29)27-20)8-11-28(23)24(30)21-13-25-9-10-26-21/h2-7,9-10,12-13,18,22-23,27,29H,8,11,14H2,1H3/t18-,22+,23-/m0/s1. The van der Waals surface area contributed by atoms with Crippen molar-refractivity contribution in [3.05, 3.63) is 72.3 Å². The molecule has 3 aromatic rings. The second-order valence-corrected chi connectivity index (χ2v) is 7.95. The van der Waals surface area contributed by atoms with Crippen molar-refractivity contribution in [3.63, 3.8) is 0 Å². The molecule has 1 aromatic heterocycles. The maximum atomic E-state index is 13.3. The fraction of sp³-hybridized carbons (Fsp3) is 0.292. The van der Waals surface area contributed by atoms with Gasteiger partial charge in [-0.05, 0) is 47.4 Å². The molecule has 0 unspecified atom stereocenters. The molecule has 2 N–H and O–H groups in total. The van der Waals surface area contributed by atoms with E-state index in [0.717, 1.165) is 34.5 Å². The molecule has 31 heavy (non-hydrogen) atoms. The molecular weight excluding hydrogens is 392 g/mol. The molecule has 0 aliphatic carbocycles. The fourth-order valence-electron chi connectivity index (χ4n) is 4.81. The number of anilines is 1. The van der Waals surface area contributed by atoms with Crippen LogP contribution in [-0.2, 0) is 0 Å². The van der Waals surface area contributed by atoms with Crippen LogP contribution < -0.4 is 10.1 Å². The van der Waals surface area contributed by atoms with Crippen molar-refractivity contribution in [2.75, 3.05) is 25.6 Å². The van der Waals surface area contributed by atoms with Gasteiger partial charge in [0, 0.05) is 30.5 Å². The molecule has 3 atom stereocenters. The van der Waals surface area contributed by atoms with Crippen LogP contribution in [0.2, 0.25) is 0 Å². The predicted molar refractivity (Wildman–Crippen MR) is 117 cm³/mol. The van der Waals surface area contributed by atoms with Crippen LogP contribution in [0, 0.1) is 5.92 Å². The van der Waals surface area contributed by atoms with Crippen molar-refractivity contribution in [1.29, 1.82) is 0 Å². The monoisotopic (exact) mass is 416 g/mol. The summed E-state index contributed by atoms with van der Waals surface area (Å²) in [6.45, 7) is 0.642. The van der Waals surface area contributed by atoms with Gasteiger partial charge < -0.3 is 20.1 Å². The lowest BCUT2D eigenvalue weighted by Crippen LogP contribution is -2.43. The molecule has 0 saturated carbocycles. The van der Waals surface area contributed by atoms with Gasteiger partial charge in [0.25, 0.3) is 5.91 Å². The van der Waals surface area contributed by atoms with Crippen LogP contribution in [0.1, 0.15) is 28.5 Å². The first-order chi connectivity index (χ1) is 15.2. The number of nitrogens with zero attached hydrogens (tertiary/aromatic N) is 3. The third-order valence-corrected chi connectivity index (χ3v) is 6.34. The molecule has 7 nitrogen and oxygen atoms in total. The Kier molecular flexibility index (Phi) is 5.03. The second kappa shape index (κ2) is 8.00. The number of aliphatic hydroxyl groups is 1. The summed E-state index contributed by atoms with van der Waals surface area (Å²) in [6.07, 6.45) is 5.43. The smallest absolute Gasteiger partial charge is 0.274 e. The Balaban J connectivity index is 1.55. The Hall–Kier alpha value is -3.45. The van der Waals surface area contributed by atoms with Gasteiger partial charge in [-0.25, -0.2) is 4.98 Å². The first-order valence-corrected chi connectivity index (χ1v) is 10.4. The van der Waals surface area contributed by atoms with Crippen molar-refractivity contribution >= 4 is 11.6 Å². The highest BCUT2D eigenvalue weighted by Crippen LogP contribution is 2.47. The Bertz CT molecular complexity index is 1090. The van der Waals surface area contributed by atoms with E-state index in [1.807, 2.05) is 35.2 Å². The number of nitrogens with one attached hydrogen (secondary N) is 1. The van der Waals surface area contributed by atoms with Crippen LogP contribution in [-0.4, -0.2) is 52.2 Å². The molecule has 1 fully saturated rings. The van der Waals surface area contributed by atoms with Gasteiger partial charge >= 0.3 is 0 Å². The predicted octanol–water partition coefficient (Wildman–Crippen LogP) is 3.14. The van der Waals surface area contributed by atoms with Crippen LogP contribution in [0.5, 0.6) is 5.75 Å². The Morgan fingerprint density at radius 3 is 2.71 bits per heavy atom. The summed E-state index contributed by atoms with van der Waals surface area (Å²) in [5.41, 5.74) is 4.52. The van der Waals surface area contributed by atoms with E-state index in [4.69, 9.17) is 4.74 Å². The summed E-state index contributed by atoms with van der Waals surface area (Å²) in [5.74, 6) is 0.815. The highest BCUT2D eigenvalue weighted by Gasteiger charge is 2.46. The van der Waals surface area contributed by atoms with E-state index in [9.17, 15) is 9.90 Å². The van der Waals surface area contributed by atoms with Crippen LogP contribution in [0.15, 0.2) is 61.1 Å². The van der Waals surface area contributed by atoms with Gasteiger partial charge in [-0.3, -0.25) is 9.78 Å². The molecule has 0 bridgehead atoms. The molecule has 7 heteroatoms. The number of fused-ring (bicyclic) bond motifs is 3. The number of hydrogen-bond donors (Lipinski definition) is 2. The van der Waals surface area contributed by atoms with Gasteiger partial charge in [0.15, 0.2) is 0 Å². The van der Waals surface area contributed by atoms with Crippen molar-refractivity contribution < 1.29 is 14.6 Å². The van der Waals surface area contributed by atoms with Crippen molar-refractivity contribution in [1.82, 2.24) is 14.9 Å². The van der Waals surface area contributed by atoms with Gasteiger partial charge in [0.05, 0.1) is 32.0 Å². The topological polar surface area (TPSA) is 87.6 Å². The number of aliphatic hydroxyl groups excluding tert-OH is 1. The Morgan fingerprint density at radius 2 is 2.00 bits per heavy atom. The number of hydrogen-bond acceptors (Lipinski definition) is 6. The van der Waals surface area contributed by atoms with Crippen molar-refractivity contribution in [2.45, 2.75) is 18.5 Å². The summed E-state index contributed by atoms with van der Waals surface area (Å²) >= 11 is 0. The number of carbonyl (C=O) groups excluding carboxylic acids is 1. The van der Waals surface area contributed by atoms with E-state index in [2.05, 4.69) is 27.4 Å². The highest BCUT2D eigenvalue weighted by atomic mass is 16.5. The lowest BCUT2D eigenvalue weighted by atomic mass is 9.82. The molecule has 2 aliphatic rings. The number of methoxy groups -OCH3 is 1. The van der Waals surface area contributed by atoms with Crippen molar-refractivity contribution in [2.24, 2.45) is 5.92 Å². The number of likely N-dealkylation sites (tertiary alicyclic amines) is 1. The van der Waals surface area contributed by atoms with E-state index in [-0.39, 0.29) is 30.5 Å². The maximum absolute atomic E-state index is 13.3. The zero-order valence-electron chi connectivity index (χ0n) is 17.2. The van der Waals surface area contributed by atoms with Crippen LogP contribution in [0.25, 0.3) is 11.1 Å². The Labute approximate surface area is 180 Å². The molecule has 1 saturated heterocycles. The molecule has 2 aliphatic heterocycles. The first kappa shape index (κ1) is 19.5. The zero-order chi connectivity index (χ0) is 21.4. The summed E-state index contributed by atoms with van der Waals surface area (Å²) in [4.78, 5) is 23.4. The number of amides is 1. The number of ether oxygens (including phenoxy) is 1. The highest BCUT2D eigenvalue weighted by molar-refractivity contribution is 5.93. The van der Waals surface area contributed by atoms with E-state index in [0.29, 0.717) is 12.2 Å². The summed E-state index contributed by atoms with van der Waals surface area (Å²) in [7, 11) is 1.65. The second-order valence-electron chi connectivity index (χ2n) is 7.95. The van der Waals surface area contributed by atoms with Crippen LogP contribution in [0.4, 0.5) is 5.69 Å². The van der Waals surface area contributed by atoms with Gasteiger partial charge in [-0.1, -0.05) is 18.2 Å². The minimum atomic E-state index is -0.125. The van der Waals surface area contributed by atoms with Gasteiger partial charge in [-0.2, -0.15) is 0 Å². The molecule has 5 rings (SSSR count). The third kappa shape index (κ3) is 3.41. The van der Waals surface area contributed by atoms with Crippen LogP contribution >= 0.6 is 0 Å². The summed E-state index contributed by atoms with van der Waals surface area (Å²) in [5, 5.41) is 13.5. The zero-order valence-corrected chi connectivity index (χ0v) is 17.2. The lowest BCUT2D eigenvalue weighted by Gasteiger charge is -2.39. The molecule has 0 spiro atoms. The number of aromatic nitrogens is 2. The Morgan fingerprint density at radius 1 is 1.19 bits per heavy atom. The van der Waals surface area contributed by atoms with E-state index in [1.165, 1.54) is 12.4 Å². The molecule has 0 radical (unpaired) electrons. The number of carbonyl (C=O) groups is 1. The lowest BCUT2D eigenvalue weighted by molar-refractivity contribution is 0.0694. The van der Waals surface area contributed by atoms with Crippen molar-refractivity contribution in [3.8, 4) is 16.9 Å². The van der Waals surface area contributed by atoms with Gasteiger partial charge in [0.2, 0.25) is 0 Å². The minimum absolute atomic E-state index is 0.0218.